The third-order valence-corrected chi connectivity index (χ3v) is 4.90. The molecule has 1 aromatic heterocycles. The maximum absolute atomic E-state index is 12.9. The van der Waals surface area contributed by atoms with Gasteiger partial charge in [0, 0.05) is 17.9 Å². The van der Waals surface area contributed by atoms with Crippen molar-refractivity contribution in [2.45, 2.75) is 26.1 Å². The van der Waals surface area contributed by atoms with E-state index < -0.39 is 17.6 Å². The first-order valence-corrected chi connectivity index (χ1v) is 9.01. The van der Waals surface area contributed by atoms with Gasteiger partial charge in [-0.3, -0.25) is 4.79 Å². The van der Waals surface area contributed by atoms with Gasteiger partial charge in [0.25, 0.3) is 5.91 Å². The molecule has 1 heterocycles. The number of ether oxygens (including phenoxy) is 1. The van der Waals surface area contributed by atoms with Crippen molar-refractivity contribution < 1.29 is 22.7 Å². The quantitative estimate of drug-likeness (QED) is 0.642. The zero-order valence-corrected chi connectivity index (χ0v) is 16.1. The number of alkyl halides is 3. The second kappa shape index (κ2) is 8.03. The Kier molecular flexibility index (Phi) is 5.68. The fourth-order valence-electron chi connectivity index (χ4n) is 3.32. The predicted molar refractivity (Wildman–Crippen MR) is 105 cm³/mol. The van der Waals surface area contributed by atoms with Crippen molar-refractivity contribution in [3.8, 4) is 17.0 Å². The minimum Gasteiger partial charge on any atom is -0.497 e. The second-order valence-electron chi connectivity index (χ2n) is 6.72. The number of halogens is 3. The molecule has 152 valence electrons. The number of nitrogens with two attached hydrogens (primary N) is 1. The van der Waals surface area contributed by atoms with Gasteiger partial charge in [-0.1, -0.05) is 24.3 Å². The molecule has 4 nitrogen and oxygen atoms in total. The van der Waals surface area contributed by atoms with E-state index in [4.69, 9.17) is 10.5 Å². The van der Waals surface area contributed by atoms with E-state index in [1.54, 1.807) is 20.1 Å². The monoisotopic (exact) mass is 402 g/mol. The van der Waals surface area contributed by atoms with E-state index in [2.05, 4.69) is 0 Å². The highest BCUT2D eigenvalue weighted by molar-refractivity contribution is 5.95. The summed E-state index contributed by atoms with van der Waals surface area (Å²) in [7, 11) is 1.59. The lowest BCUT2D eigenvalue weighted by Gasteiger charge is -2.14. The molecule has 7 heteroatoms. The number of amides is 1. The topological polar surface area (TPSA) is 57.2 Å². The van der Waals surface area contributed by atoms with Crippen LogP contribution in [0.4, 0.5) is 13.2 Å². The Morgan fingerprint density at radius 3 is 2.38 bits per heavy atom. The van der Waals surface area contributed by atoms with Gasteiger partial charge in [-0.2, -0.15) is 13.2 Å². The van der Waals surface area contributed by atoms with Gasteiger partial charge in [0.15, 0.2) is 0 Å². The van der Waals surface area contributed by atoms with Crippen LogP contribution in [0.5, 0.6) is 5.75 Å². The molecule has 0 unspecified atom stereocenters. The van der Waals surface area contributed by atoms with Crippen molar-refractivity contribution in [1.82, 2.24) is 4.57 Å². The molecule has 2 N–H and O–H groups in total. The summed E-state index contributed by atoms with van der Waals surface area (Å²) in [6.45, 7) is 2.31. The van der Waals surface area contributed by atoms with Crippen LogP contribution in [-0.4, -0.2) is 17.6 Å². The largest absolute Gasteiger partial charge is 0.497 e. The molecule has 3 rings (SSSR count). The number of primary amides is 1. The average Bonchev–Trinajstić information content (AvgIpc) is 3.02. The molecule has 0 aliphatic rings. The summed E-state index contributed by atoms with van der Waals surface area (Å²) in [5.74, 6) is 0.170. The zero-order chi connectivity index (χ0) is 21.2. The lowest BCUT2D eigenvalue weighted by atomic mass is 10.1. The Hall–Kier alpha value is -3.22. The Bertz CT molecular complexity index is 1020. The van der Waals surface area contributed by atoms with Gasteiger partial charge in [0.2, 0.25) is 0 Å². The predicted octanol–water partition coefficient (Wildman–Crippen LogP) is 4.83. The molecule has 0 aliphatic carbocycles. The highest BCUT2D eigenvalue weighted by Gasteiger charge is 2.30. The molecule has 2 aromatic carbocycles. The molecule has 0 saturated carbocycles. The first kappa shape index (κ1) is 20.5. The Morgan fingerprint density at radius 2 is 1.79 bits per heavy atom. The SMILES string of the molecule is COc1cccc(CCn2c(-c3ccc(C(F)(F)F)cc3)cc(C(N)=O)c2C)c1. The van der Waals surface area contributed by atoms with Crippen LogP contribution in [0.1, 0.15) is 27.2 Å². The molecule has 29 heavy (non-hydrogen) atoms. The number of aryl methyl sites for hydroxylation is 1. The van der Waals surface area contributed by atoms with E-state index >= 15 is 0 Å². The van der Waals surface area contributed by atoms with Gasteiger partial charge >= 0.3 is 6.18 Å². The maximum atomic E-state index is 12.9. The van der Waals surface area contributed by atoms with Crippen LogP contribution in [0.25, 0.3) is 11.3 Å². The molecular formula is C22H21F3N2O2. The lowest BCUT2D eigenvalue weighted by Crippen LogP contribution is -2.13. The molecule has 0 fully saturated rings. The van der Waals surface area contributed by atoms with Crippen LogP contribution in [0, 0.1) is 6.92 Å². The van der Waals surface area contributed by atoms with Crippen molar-refractivity contribution in [3.63, 3.8) is 0 Å². The first-order valence-electron chi connectivity index (χ1n) is 9.01. The van der Waals surface area contributed by atoms with Crippen LogP contribution in [0.3, 0.4) is 0 Å². The third-order valence-electron chi connectivity index (χ3n) is 4.90. The van der Waals surface area contributed by atoms with Crippen LogP contribution < -0.4 is 10.5 Å². The van der Waals surface area contributed by atoms with Gasteiger partial charge in [-0.15, -0.1) is 0 Å². The van der Waals surface area contributed by atoms with Crippen molar-refractivity contribution in [2.24, 2.45) is 5.73 Å². The molecule has 0 radical (unpaired) electrons. The third kappa shape index (κ3) is 4.45. The van der Waals surface area contributed by atoms with Crippen LogP contribution in [0.15, 0.2) is 54.6 Å². The van der Waals surface area contributed by atoms with E-state index in [0.29, 0.717) is 35.5 Å². The normalized spacial score (nSPS) is 11.5. The van der Waals surface area contributed by atoms with Crippen molar-refractivity contribution in [3.05, 3.63) is 77.0 Å². The molecule has 0 aliphatic heterocycles. The summed E-state index contributed by atoms with van der Waals surface area (Å²) < 4.78 is 45.8. The van der Waals surface area contributed by atoms with Crippen LogP contribution >= 0.6 is 0 Å². The summed E-state index contributed by atoms with van der Waals surface area (Å²) in [6, 6.07) is 14.1. The molecule has 3 aromatic rings. The number of hydrogen-bond acceptors (Lipinski definition) is 2. The molecule has 0 bridgehead atoms. The summed E-state index contributed by atoms with van der Waals surface area (Å²) in [5.41, 5.74) is 8.06. The number of hydrogen-bond donors (Lipinski definition) is 1. The number of aromatic nitrogens is 1. The minimum atomic E-state index is -4.40. The number of methoxy groups -OCH3 is 1. The van der Waals surface area contributed by atoms with E-state index in [0.717, 1.165) is 23.4 Å². The molecular weight excluding hydrogens is 381 g/mol. The lowest BCUT2D eigenvalue weighted by molar-refractivity contribution is -0.137. The number of benzene rings is 2. The fourth-order valence-corrected chi connectivity index (χ4v) is 3.32. The van der Waals surface area contributed by atoms with Crippen LogP contribution in [0.2, 0.25) is 0 Å². The molecule has 0 atom stereocenters. The van der Waals surface area contributed by atoms with Gasteiger partial charge < -0.3 is 15.0 Å². The Balaban J connectivity index is 1.96. The van der Waals surface area contributed by atoms with E-state index in [1.807, 2.05) is 28.8 Å². The first-order chi connectivity index (χ1) is 13.7. The summed E-state index contributed by atoms with van der Waals surface area (Å²) in [4.78, 5) is 11.8. The summed E-state index contributed by atoms with van der Waals surface area (Å²) in [5, 5.41) is 0. The van der Waals surface area contributed by atoms with Gasteiger partial charge in [0.1, 0.15) is 5.75 Å². The standard InChI is InChI=1S/C22H21F3N2O2/c1-14-19(21(26)28)13-20(16-6-8-17(9-7-16)22(23,24)25)27(14)11-10-15-4-3-5-18(12-15)29-2/h3-9,12-13H,10-11H2,1-2H3,(H2,26,28). The molecule has 1 amide bonds. The number of carbonyl (C=O) groups is 1. The Morgan fingerprint density at radius 1 is 1.10 bits per heavy atom. The number of carbonyl (C=O) groups excluding carboxylic acids is 1. The number of nitrogens with zero attached hydrogens (tertiary/aromatic N) is 1. The highest BCUT2D eigenvalue weighted by atomic mass is 19.4. The van der Waals surface area contributed by atoms with E-state index in [1.165, 1.54) is 12.1 Å². The zero-order valence-electron chi connectivity index (χ0n) is 16.1. The molecule has 0 spiro atoms. The fraction of sp³-hybridized carbons (Fsp3) is 0.227. The van der Waals surface area contributed by atoms with E-state index in [9.17, 15) is 18.0 Å². The van der Waals surface area contributed by atoms with Crippen molar-refractivity contribution in [2.75, 3.05) is 7.11 Å². The van der Waals surface area contributed by atoms with Gasteiger partial charge in [-0.05, 0) is 54.8 Å². The maximum Gasteiger partial charge on any atom is 0.416 e. The summed E-state index contributed by atoms with van der Waals surface area (Å²) >= 11 is 0. The van der Waals surface area contributed by atoms with Crippen molar-refractivity contribution in [1.29, 1.82) is 0 Å². The molecule has 0 saturated heterocycles. The van der Waals surface area contributed by atoms with E-state index in [-0.39, 0.29) is 0 Å². The van der Waals surface area contributed by atoms with Crippen molar-refractivity contribution >= 4 is 5.91 Å². The van der Waals surface area contributed by atoms with Gasteiger partial charge in [-0.25, -0.2) is 0 Å². The summed E-state index contributed by atoms with van der Waals surface area (Å²) in [6.07, 6.45) is -3.75. The highest BCUT2D eigenvalue weighted by Crippen LogP contribution is 2.32. The minimum absolute atomic E-state index is 0.352. The average molecular weight is 402 g/mol. The second-order valence-corrected chi connectivity index (χ2v) is 6.72. The Labute approximate surface area is 166 Å². The van der Waals surface area contributed by atoms with Gasteiger partial charge in [0.05, 0.1) is 18.2 Å². The van der Waals surface area contributed by atoms with Crippen LogP contribution in [-0.2, 0) is 19.1 Å². The number of rotatable bonds is 6. The smallest absolute Gasteiger partial charge is 0.416 e.